The summed E-state index contributed by atoms with van der Waals surface area (Å²) in [4.78, 5) is 26.3. The third-order valence-electron chi connectivity index (χ3n) is 3.93. The van der Waals surface area contributed by atoms with Gasteiger partial charge in [-0.1, -0.05) is 18.2 Å². The van der Waals surface area contributed by atoms with E-state index in [1.54, 1.807) is 36.1 Å². The van der Waals surface area contributed by atoms with Gasteiger partial charge in [0.05, 0.1) is 5.56 Å². The third kappa shape index (κ3) is 3.04. The van der Waals surface area contributed by atoms with Gasteiger partial charge in [0, 0.05) is 17.9 Å². The second-order valence-electron chi connectivity index (χ2n) is 5.54. The Morgan fingerprint density at radius 2 is 1.83 bits per heavy atom. The molecule has 0 bridgehead atoms. The first kappa shape index (κ1) is 15.1. The topological polar surface area (TPSA) is 72.6 Å². The maximum atomic E-state index is 12.6. The molecule has 2 aromatic carbocycles. The molecule has 0 fully saturated rings. The van der Waals surface area contributed by atoms with E-state index in [1.165, 1.54) is 0 Å². The first-order valence-electron chi connectivity index (χ1n) is 7.52. The van der Waals surface area contributed by atoms with Crippen LogP contribution >= 0.6 is 0 Å². The number of carbonyl (C=O) groups is 2. The molecular formula is C18H18N2O3. The minimum atomic E-state index is -0.841. The minimum absolute atomic E-state index is 0.209. The van der Waals surface area contributed by atoms with Gasteiger partial charge in [-0.05, 0) is 49.2 Å². The Labute approximate surface area is 134 Å². The number of esters is 1. The third-order valence-corrected chi connectivity index (χ3v) is 3.93. The number of amides is 1. The van der Waals surface area contributed by atoms with Gasteiger partial charge in [-0.15, -0.1) is 0 Å². The van der Waals surface area contributed by atoms with Crippen molar-refractivity contribution in [1.29, 1.82) is 0 Å². The number of para-hydroxylation sites is 1. The van der Waals surface area contributed by atoms with Crippen molar-refractivity contribution in [2.24, 2.45) is 0 Å². The van der Waals surface area contributed by atoms with Crippen molar-refractivity contribution in [2.75, 3.05) is 17.2 Å². The lowest BCUT2D eigenvalue weighted by molar-refractivity contribution is -0.126. The van der Waals surface area contributed by atoms with Crippen LogP contribution in [0.25, 0.3) is 0 Å². The number of benzene rings is 2. The fraction of sp³-hybridized carbons (Fsp3) is 0.222. The Bertz CT molecular complexity index is 740. The van der Waals surface area contributed by atoms with Crippen molar-refractivity contribution >= 4 is 23.3 Å². The van der Waals surface area contributed by atoms with Gasteiger partial charge in [-0.3, -0.25) is 4.79 Å². The van der Waals surface area contributed by atoms with Crippen LogP contribution in [0.1, 0.15) is 22.8 Å². The number of nitrogens with two attached hydrogens (primary N) is 1. The normalized spacial score (nSPS) is 14.2. The molecule has 0 radical (unpaired) electrons. The summed E-state index contributed by atoms with van der Waals surface area (Å²) in [6.07, 6.45) is -0.0215. The second kappa shape index (κ2) is 6.12. The lowest BCUT2D eigenvalue weighted by Gasteiger charge is -2.21. The molecule has 1 atom stereocenters. The number of nitrogens with zero attached hydrogens (tertiary/aromatic N) is 1. The molecule has 23 heavy (non-hydrogen) atoms. The van der Waals surface area contributed by atoms with E-state index in [4.69, 9.17) is 10.5 Å². The molecule has 1 aliphatic rings. The average molecular weight is 310 g/mol. The zero-order valence-electron chi connectivity index (χ0n) is 12.9. The molecule has 0 saturated carbocycles. The summed E-state index contributed by atoms with van der Waals surface area (Å²) in [5, 5.41) is 0. The Balaban J connectivity index is 1.69. The molecule has 1 aliphatic heterocycles. The standard InChI is InChI=1S/C18H18N2O3/c1-12(23-18(22)14-6-8-15(19)9-7-14)17(21)20-11-10-13-4-2-3-5-16(13)20/h2-9,12H,10-11,19H2,1H3/t12-/m1/s1. The van der Waals surface area contributed by atoms with Crippen LogP contribution in [0, 0.1) is 0 Å². The van der Waals surface area contributed by atoms with E-state index in [9.17, 15) is 9.59 Å². The molecule has 0 spiro atoms. The van der Waals surface area contributed by atoms with E-state index in [-0.39, 0.29) is 5.91 Å². The summed E-state index contributed by atoms with van der Waals surface area (Å²) in [7, 11) is 0. The van der Waals surface area contributed by atoms with Crippen molar-refractivity contribution in [3.63, 3.8) is 0 Å². The van der Waals surface area contributed by atoms with Gasteiger partial charge in [-0.25, -0.2) is 4.79 Å². The van der Waals surface area contributed by atoms with Crippen molar-refractivity contribution in [3.05, 3.63) is 59.7 Å². The van der Waals surface area contributed by atoms with Gasteiger partial charge < -0.3 is 15.4 Å². The minimum Gasteiger partial charge on any atom is -0.449 e. The predicted molar refractivity (Wildman–Crippen MR) is 88.2 cm³/mol. The zero-order chi connectivity index (χ0) is 16.4. The smallest absolute Gasteiger partial charge is 0.338 e. The maximum absolute atomic E-state index is 12.6. The molecular weight excluding hydrogens is 292 g/mol. The Hall–Kier alpha value is -2.82. The quantitative estimate of drug-likeness (QED) is 0.698. The van der Waals surface area contributed by atoms with E-state index in [2.05, 4.69) is 0 Å². The fourth-order valence-corrected chi connectivity index (χ4v) is 2.68. The van der Waals surface area contributed by atoms with Gasteiger partial charge in [0.15, 0.2) is 6.10 Å². The number of rotatable bonds is 3. The van der Waals surface area contributed by atoms with Gasteiger partial charge in [-0.2, -0.15) is 0 Å². The molecule has 0 aromatic heterocycles. The first-order chi connectivity index (χ1) is 11.1. The first-order valence-corrected chi connectivity index (χ1v) is 7.52. The summed E-state index contributed by atoms with van der Waals surface area (Å²) in [5.74, 6) is -0.739. The number of ether oxygens (including phenoxy) is 1. The number of carbonyl (C=O) groups excluding carboxylic acids is 2. The van der Waals surface area contributed by atoms with Crippen LogP contribution in [-0.2, 0) is 16.0 Å². The molecule has 0 aliphatic carbocycles. The molecule has 5 heteroatoms. The van der Waals surface area contributed by atoms with Crippen LogP contribution in [0.15, 0.2) is 48.5 Å². The maximum Gasteiger partial charge on any atom is 0.338 e. The van der Waals surface area contributed by atoms with Gasteiger partial charge in [0.25, 0.3) is 5.91 Å². The monoisotopic (exact) mass is 310 g/mol. The van der Waals surface area contributed by atoms with E-state index < -0.39 is 12.1 Å². The number of hydrogen-bond donors (Lipinski definition) is 1. The van der Waals surface area contributed by atoms with Crippen LogP contribution < -0.4 is 10.6 Å². The van der Waals surface area contributed by atoms with Gasteiger partial charge in [0.2, 0.25) is 0 Å². The number of fused-ring (bicyclic) bond motifs is 1. The van der Waals surface area contributed by atoms with E-state index in [1.807, 2.05) is 24.3 Å². The van der Waals surface area contributed by atoms with Crippen molar-refractivity contribution in [2.45, 2.75) is 19.4 Å². The Kier molecular flexibility index (Phi) is 4.02. The highest BCUT2D eigenvalue weighted by Gasteiger charge is 2.29. The average Bonchev–Trinajstić information content (AvgIpc) is 2.98. The van der Waals surface area contributed by atoms with Crippen LogP contribution in [0.3, 0.4) is 0 Å². The van der Waals surface area contributed by atoms with Crippen molar-refractivity contribution in [3.8, 4) is 0 Å². The summed E-state index contributed by atoms with van der Waals surface area (Å²) in [5.41, 5.74) is 8.57. The largest absolute Gasteiger partial charge is 0.449 e. The summed E-state index contributed by atoms with van der Waals surface area (Å²) >= 11 is 0. The molecule has 1 amide bonds. The van der Waals surface area contributed by atoms with Gasteiger partial charge in [0.1, 0.15) is 0 Å². The lowest BCUT2D eigenvalue weighted by Crippen LogP contribution is -2.39. The Morgan fingerprint density at radius 3 is 2.57 bits per heavy atom. The SMILES string of the molecule is C[C@@H](OC(=O)c1ccc(N)cc1)C(=O)N1CCc2ccccc21. The summed E-state index contributed by atoms with van der Waals surface area (Å²) in [6, 6.07) is 14.2. The molecule has 2 aromatic rings. The van der Waals surface area contributed by atoms with Crippen LogP contribution in [0.5, 0.6) is 0 Å². The van der Waals surface area contributed by atoms with Crippen molar-refractivity contribution < 1.29 is 14.3 Å². The van der Waals surface area contributed by atoms with Crippen molar-refractivity contribution in [1.82, 2.24) is 0 Å². The predicted octanol–water partition coefficient (Wildman–Crippen LogP) is 2.40. The van der Waals surface area contributed by atoms with E-state index >= 15 is 0 Å². The lowest BCUT2D eigenvalue weighted by atomic mass is 10.2. The molecule has 2 N–H and O–H groups in total. The highest BCUT2D eigenvalue weighted by Crippen LogP contribution is 2.28. The van der Waals surface area contributed by atoms with E-state index in [0.29, 0.717) is 17.8 Å². The van der Waals surface area contributed by atoms with E-state index in [0.717, 1.165) is 17.7 Å². The van der Waals surface area contributed by atoms with Gasteiger partial charge >= 0.3 is 5.97 Å². The summed E-state index contributed by atoms with van der Waals surface area (Å²) < 4.78 is 5.29. The molecule has 0 saturated heterocycles. The number of nitrogen functional groups attached to an aromatic ring is 1. The molecule has 0 unspecified atom stereocenters. The molecule has 3 rings (SSSR count). The summed E-state index contributed by atoms with van der Waals surface area (Å²) in [6.45, 7) is 2.21. The fourth-order valence-electron chi connectivity index (χ4n) is 2.68. The van der Waals surface area contributed by atoms with Crippen LogP contribution in [0.4, 0.5) is 11.4 Å². The van der Waals surface area contributed by atoms with Crippen LogP contribution in [0.2, 0.25) is 0 Å². The highest BCUT2D eigenvalue weighted by atomic mass is 16.5. The molecule has 5 nitrogen and oxygen atoms in total. The molecule has 118 valence electrons. The van der Waals surface area contributed by atoms with Crippen LogP contribution in [-0.4, -0.2) is 24.5 Å². The highest BCUT2D eigenvalue weighted by molar-refractivity contribution is 6.00. The number of anilines is 2. The zero-order valence-corrected chi connectivity index (χ0v) is 12.9. The Morgan fingerprint density at radius 1 is 1.13 bits per heavy atom. The molecule has 1 heterocycles. The second-order valence-corrected chi connectivity index (χ2v) is 5.54. The number of hydrogen-bond acceptors (Lipinski definition) is 4.